The summed E-state index contributed by atoms with van der Waals surface area (Å²) < 4.78 is 11.6. The van der Waals surface area contributed by atoms with E-state index in [0.717, 1.165) is 16.9 Å². The SMILES string of the molecule is COc1ccc2c3c1Oc1ccccc1C3CN1C(=O)CCC1C2=O. The Balaban J connectivity index is 1.79. The molecule has 1 saturated heterocycles. The number of amides is 1. The fourth-order valence-corrected chi connectivity index (χ4v) is 4.33. The number of Topliss-reactive ketones (excluding diaryl/α,β-unsaturated/α-hetero) is 1. The molecule has 2 atom stereocenters. The van der Waals surface area contributed by atoms with Crippen LogP contribution in [0.1, 0.15) is 40.2 Å². The van der Waals surface area contributed by atoms with E-state index in [1.165, 1.54) is 0 Å². The van der Waals surface area contributed by atoms with E-state index in [0.29, 0.717) is 36.4 Å². The Morgan fingerprint density at radius 3 is 2.84 bits per heavy atom. The van der Waals surface area contributed by atoms with E-state index in [1.807, 2.05) is 30.3 Å². The lowest BCUT2D eigenvalue weighted by atomic mass is 9.84. The van der Waals surface area contributed by atoms with Crippen molar-refractivity contribution in [3.63, 3.8) is 0 Å². The Hall–Kier alpha value is -2.82. The molecule has 0 radical (unpaired) electrons. The van der Waals surface area contributed by atoms with Gasteiger partial charge in [0.15, 0.2) is 17.3 Å². The van der Waals surface area contributed by atoms with Crippen LogP contribution in [0.15, 0.2) is 36.4 Å². The summed E-state index contributed by atoms with van der Waals surface area (Å²) in [5, 5.41) is 0. The zero-order valence-electron chi connectivity index (χ0n) is 13.8. The number of methoxy groups -OCH3 is 1. The fourth-order valence-electron chi connectivity index (χ4n) is 4.33. The Morgan fingerprint density at radius 2 is 2.00 bits per heavy atom. The van der Waals surface area contributed by atoms with Gasteiger partial charge in [0.05, 0.1) is 13.2 Å². The van der Waals surface area contributed by atoms with Crippen molar-refractivity contribution < 1.29 is 19.1 Å². The molecule has 25 heavy (non-hydrogen) atoms. The monoisotopic (exact) mass is 335 g/mol. The molecule has 0 bridgehead atoms. The van der Waals surface area contributed by atoms with Crippen LogP contribution in [0, 0.1) is 0 Å². The van der Waals surface area contributed by atoms with Crippen molar-refractivity contribution in [2.75, 3.05) is 13.7 Å². The maximum absolute atomic E-state index is 13.1. The predicted molar refractivity (Wildman–Crippen MR) is 90.4 cm³/mol. The number of nitrogens with zero attached hydrogens (tertiary/aromatic N) is 1. The second-order valence-electron chi connectivity index (χ2n) is 6.72. The molecule has 2 aromatic carbocycles. The van der Waals surface area contributed by atoms with Gasteiger partial charge in [-0.3, -0.25) is 9.59 Å². The largest absolute Gasteiger partial charge is 0.493 e. The quantitative estimate of drug-likeness (QED) is 0.803. The van der Waals surface area contributed by atoms with Gasteiger partial charge in [0.1, 0.15) is 5.75 Å². The molecule has 1 fully saturated rings. The van der Waals surface area contributed by atoms with Crippen molar-refractivity contribution in [2.45, 2.75) is 24.8 Å². The first-order chi connectivity index (χ1) is 12.2. The van der Waals surface area contributed by atoms with Crippen LogP contribution in [0.25, 0.3) is 0 Å². The second kappa shape index (κ2) is 5.09. The predicted octanol–water partition coefficient (Wildman–Crippen LogP) is 3.12. The summed E-state index contributed by atoms with van der Waals surface area (Å²) in [6.07, 6.45) is 1.04. The van der Waals surface area contributed by atoms with Gasteiger partial charge >= 0.3 is 0 Å². The average Bonchev–Trinajstić information content (AvgIpc) is 2.94. The molecule has 0 spiro atoms. The third-order valence-corrected chi connectivity index (χ3v) is 5.51. The minimum Gasteiger partial charge on any atom is -0.493 e. The molecule has 2 aromatic rings. The van der Waals surface area contributed by atoms with E-state index < -0.39 is 0 Å². The number of hydrogen-bond acceptors (Lipinski definition) is 4. The molecule has 2 unspecified atom stereocenters. The van der Waals surface area contributed by atoms with Crippen LogP contribution in [0.2, 0.25) is 0 Å². The molecule has 5 nitrogen and oxygen atoms in total. The summed E-state index contributed by atoms with van der Waals surface area (Å²) in [5.74, 6) is 1.96. The maximum Gasteiger partial charge on any atom is 0.223 e. The molecule has 0 aliphatic carbocycles. The minimum atomic E-state index is -0.359. The molecule has 0 aromatic heterocycles. The van der Waals surface area contributed by atoms with Crippen LogP contribution < -0.4 is 9.47 Å². The lowest BCUT2D eigenvalue weighted by molar-refractivity contribution is -0.128. The Kier molecular flexibility index (Phi) is 2.95. The Morgan fingerprint density at radius 1 is 1.16 bits per heavy atom. The van der Waals surface area contributed by atoms with Crippen LogP contribution >= 0.6 is 0 Å². The lowest BCUT2D eigenvalue weighted by Crippen LogP contribution is -2.38. The minimum absolute atomic E-state index is 0.00948. The molecule has 3 aliphatic rings. The van der Waals surface area contributed by atoms with E-state index in [1.54, 1.807) is 18.1 Å². The van der Waals surface area contributed by atoms with Crippen LogP contribution in [-0.2, 0) is 4.79 Å². The number of ketones is 1. The van der Waals surface area contributed by atoms with Crippen molar-refractivity contribution in [1.82, 2.24) is 4.90 Å². The number of benzene rings is 2. The summed E-state index contributed by atoms with van der Waals surface area (Å²) in [6.45, 7) is 0.503. The van der Waals surface area contributed by atoms with Gasteiger partial charge in [0.25, 0.3) is 0 Å². The number of carbonyl (C=O) groups is 2. The summed E-state index contributed by atoms with van der Waals surface area (Å²) >= 11 is 0. The molecular weight excluding hydrogens is 318 g/mol. The summed E-state index contributed by atoms with van der Waals surface area (Å²) in [7, 11) is 1.59. The Bertz CT molecular complexity index is 920. The highest BCUT2D eigenvalue weighted by Crippen LogP contribution is 2.51. The number of carbonyl (C=O) groups excluding carboxylic acids is 2. The highest BCUT2D eigenvalue weighted by atomic mass is 16.5. The first-order valence-corrected chi connectivity index (χ1v) is 8.50. The molecule has 1 amide bonds. The fraction of sp³-hybridized carbons (Fsp3) is 0.300. The van der Waals surface area contributed by atoms with Crippen molar-refractivity contribution in [2.24, 2.45) is 0 Å². The van der Waals surface area contributed by atoms with Crippen molar-refractivity contribution in [3.05, 3.63) is 53.1 Å². The number of fused-ring (bicyclic) bond motifs is 3. The highest BCUT2D eigenvalue weighted by molar-refractivity contribution is 6.06. The van der Waals surface area contributed by atoms with Gasteiger partial charge < -0.3 is 14.4 Å². The number of rotatable bonds is 1. The number of ether oxygens (including phenoxy) is 2. The molecule has 0 saturated carbocycles. The van der Waals surface area contributed by atoms with E-state index in [-0.39, 0.29) is 23.7 Å². The normalized spacial score (nSPS) is 23.3. The number of para-hydroxylation sites is 1. The zero-order chi connectivity index (χ0) is 17.1. The molecule has 5 heteroatoms. The standard InChI is InChI=1S/C20H17NO4/c1-24-16-8-6-12-18-13(10-21-14(19(12)23)7-9-17(21)22)11-4-2-3-5-15(11)25-20(16)18/h2-6,8,13-14H,7,9-10H2,1H3. The molecule has 3 heterocycles. The van der Waals surface area contributed by atoms with E-state index in [9.17, 15) is 9.59 Å². The molecule has 5 rings (SSSR count). The van der Waals surface area contributed by atoms with Crippen LogP contribution in [0.4, 0.5) is 0 Å². The first-order valence-electron chi connectivity index (χ1n) is 8.50. The zero-order valence-corrected chi connectivity index (χ0v) is 13.8. The van der Waals surface area contributed by atoms with Gasteiger partial charge in [0, 0.05) is 35.6 Å². The van der Waals surface area contributed by atoms with Crippen LogP contribution in [0.3, 0.4) is 0 Å². The first kappa shape index (κ1) is 14.5. The van der Waals surface area contributed by atoms with Crippen LogP contribution in [-0.4, -0.2) is 36.3 Å². The van der Waals surface area contributed by atoms with E-state index in [2.05, 4.69) is 0 Å². The molecular formula is C20H17NO4. The van der Waals surface area contributed by atoms with Gasteiger partial charge in [-0.05, 0) is 24.6 Å². The smallest absolute Gasteiger partial charge is 0.223 e. The molecule has 0 N–H and O–H groups in total. The second-order valence-corrected chi connectivity index (χ2v) is 6.72. The highest BCUT2D eigenvalue weighted by Gasteiger charge is 2.45. The summed E-state index contributed by atoms with van der Waals surface area (Å²) in [5.41, 5.74) is 2.51. The van der Waals surface area contributed by atoms with Crippen molar-refractivity contribution in [1.29, 1.82) is 0 Å². The van der Waals surface area contributed by atoms with Crippen LogP contribution in [0.5, 0.6) is 17.2 Å². The van der Waals surface area contributed by atoms with Gasteiger partial charge in [-0.1, -0.05) is 18.2 Å². The molecule has 126 valence electrons. The summed E-state index contributed by atoms with van der Waals surface area (Å²) in [4.78, 5) is 27.3. The van der Waals surface area contributed by atoms with Crippen molar-refractivity contribution in [3.8, 4) is 17.2 Å². The topological polar surface area (TPSA) is 55.8 Å². The van der Waals surface area contributed by atoms with E-state index >= 15 is 0 Å². The van der Waals surface area contributed by atoms with Gasteiger partial charge in [-0.2, -0.15) is 0 Å². The average molecular weight is 335 g/mol. The Labute approximate surface area is 145 Å². The lowest BCUT2D eigenvalue weighted by Gasteiger charge is -2.31. The van der Waals surface area contributed by atoms with Gasteiger partial charge in [-0.15, -0.1) is 0 Å². The molecule has 3 aliphatic heterocycles. The van der Waals surface area contributed by atoms with Gasteiger partial charge in [0.2, 0.25) is 5.91 Å². The number of hydrogen-bond donors (Lipinski definition) is 0. The van der Waals surface area contributed by atoms with Gasteiger partial charge in [-0.25, -0.2) is 0 Å². The third-order valence-electron chi connectivity index (χ3n) is 5.51. The summed E-state index contributed by atoms with van der Waals surface area (Å²) in [6, 6.07) is 11.1. The van der Waals surface area contributed by atoms with Crippen molar-refractivity contribution >= 4 is 11.7 Å². The third kappa shape index (κ3) is 1.89. The maximum atomic E-state index is 13.1. The van der Waals surface area contributed by atoms with E-state index in [4.69, 9.17) is 9.47 Å².